The highest BCUT2D eigenvalue weighted by atomic mass is 16.5. The summed E-state index contributed by atoms with van der Waals surface area (Å²) >= 11 is 0. The van der Waals surface area contributed by atoms with Crippen molar-refractivity contribution in [2.75, 3.05) is 13.2 Å². The maximum absolute atomic E-state index is 5.67. The summed E-state index contributed by atoms with van der Waals surface area (Å²) in [6.45, 7) is 5.00. The van der Waals surface area contributed by atoms with Crippen LogP contribution >= 0.6 is 0 Å². The summed E-state index contributed by atoms with van der Waals surface area (Å²) in [5.74, 6) is 2.35. The van der Waals surface area contributed by atoms with Crippen molar-refractivity contribution in [3.8, 4) is 40.0 Å². The second-order valence-electron chi connectivity index (χ2n) is 6.09. The highest BCUT2D eigenvalue weighted by Gasteiger charge is 2.14. The Morgan fingerprint density at radius 2 is 1.54 bits per heavy atom. The number of aromatic nitrogens is 3. The lowest BCUT2D eigenvalue weighted by atomic mass is 10.2. The van der Waals surface area contributed by atoms with E-state index in [1.165, 1.54) is 0 Å². The van der Waals surface area contributed by atoms with Crippen LogP contribution in [-0.4, -0.2) is 27.9 Å². The molecular formula is C22H21N3O3. The molecule has 6 heteroatoms. The zero-order valence-electron chi connectivity index (χ0n) is 15.8. The van der Waals surface area contributed by atoms with Gasteiger partial charge in [-0.15, -0.1) is 0 Å². The summed E-state index contributed by atoms with van der Waals surface area (Å²) in [6.07, 6.45) is 4.01. The molecular weight excluding hydrogens is 354 g/mol. The van der Waals surface area contributed by atoms with E-state index in [0.29, 0.717) is 36.4 Å². The molecule has 0 unspecified atom stereocenters. The molecule has 0 N–H and O–H groups in total. The van der Waals surface area contributed by atoms with Gasteiger partial charge < -0.3 is 18.6 Å². The molecule has 0 radical (unpaired) electrons. The van der Waals surface area contributed by atoms with Gasteiger partial charge in [-0.05, 0) is 68.4 Å². The topological polar surface area (TPSA) is 62.3 Å². The van der Waals surface area contributed by atoms with E-state index in [4.69, 9.17) is 14.0 Å². The number of benzene rings is 2. The van der Waals surface area contributed by atoms with Crippen molar-refractivity contribution < 1.29 is 14.0 Å². The number of ether oxygens (including phenoxy) is 2. The number of nitrogens with zero attached hydrogens (tertiary/aromatic N) is 3. The zero-order valence-corrected chi connectivity index (χ0v) is 15.8. The molecule has 0 aliphatic rings. The first-order valence-corrected chi connectivity index (χ1v) is 9.26. The van der Waals surface area contributed by atoms with Crippen LogP contribution in [-0.2, 0) is 0 Å². The predicted octanol–water partition coefficient (Wildman–Crippen LogP) is 4.99. The summed E-state index contributed by atoms with van der Waals surface area (Å²) in [4.78, 5) is 4.54. The molecule has 0 atom stereocenters. The van der Waals surface area contributed by atoms with Crippen LogP contribution in [0.4, 0.5) is 0 Å². The molecule has 0 saturated heterocycles. The molecule has 0 bridgehead atoms. The van der Waals surface area contributed by atoms with Crippen LogP contribution in [0.1, 0.15) is 13.8 Å². The van der Waals surface area contributed by atoms with Crippen molar-refractivity contribution in [2.24, 2.45) is 0 Å². The van der Waals surface area contributed by atoms with Gasteiger partial charge in [0, 0.05) is 29.2 Å². The molecule has 0 spiro atoms. The molecule has 0 aliphatic carbocycles. The lowest BCUT2D eigenvalue weighted by molar-refractivity contribution is 0.288. The van der Waals surface area contributed by atoms with Gasteiger partial charge in [0.05, 0.1) is 13.2 Å². The van der Waals surface area contributed by atoms with E-state index in [0.717, 1.165) is 16.8 Å². The molecule has 28 heavy (non-hydrogen) atoms. The third-order valence-corrected chi connectivity index (χ3v) is 4.24. The average molecular weight is 375 g/mol. The van der Waals surface area contributed by atoms with Crippen LogP contribution < -0.4 is 9.47 Å². The molecule has 0 amide bonds. The van der Waals surface area contributed by atoms with Gasteiger partial charge in [0.25, 0.3) is 5.89 Å². The first-order valence-electron chi connectivity index (χ1n) is 9.26. The van der Waals surface area contributed by atoms with Crippen LogP contribution in [0.15, 0.2) is 71.5 Å². The maximum atomic E-state index is 5.67. The maximum Gasteiger partial charge on any atom is 0.258 e. The second-order valence-corrected chi connectivity index (χ2v) is 6.09. The smallest absolute Gasteiger partial charge is 0.258 e. The Kier molecular flexibility index (Phi) is 5.10. The van der Waals surface area contributed by atoms with E-state index >= 15 is 0 Å². The van der Waals surface area contributed by atoms with Gasteiger partial charge in [-0.2, -0.15) is 4.98 Å². The standard InChI is InChI=1S/C22H21N3O3/c1-3-26-19-12-9-17(15-20(19)27-4-2)22-23-21(24-28-22)16-7-10-18(11-8-16)25-13-5-6-14-25/h5-15H,3-4H2,1-2H3. The number of rotatable bonds is 7. The highest BCUT2D eigenvalue weighted by Crippen LogP contribution is 2.33. The van der Waals surface area contributed by atoms with Gasteiger partial charge in [0.2, 0.25) is 5.82 Å². The quantitative estimate of drug-likeness (QED) is 0.455. The fourth-order valence-electron chi connectivity index (χ4n) is 2.93. The third kappa shape index (κ3) is 3.62. The molecule has 4 rings (SSSR count). The lowest BCUT2D eigenvalue weighted by Crippen LogP contribution is -1.98. The van der Waals surface area contributed by atoms with Crippen LogP contribution in [0, 0.1) is 0 Å². The Hall–Kier alpha value is -3.54. The third-order valence-electron chi connectivity index (χ3n) is 4.24. The van der Waals surface area contributed by atoms with Crippen LogP contribution in [0.3, 0.4) is 0 Å². The minimum atomic E-state index is 0.438. The summed E-state index contributed by atoms with van der Waals surface area (Å²) in [5, 5.41) is 4.12. The van der Waals surface area contributed by atoms with Crippen LogP contribution in [0.25, 0.3) is 28.5 Å². The van der Waals surface area contributed by atoms with Crippen molar-refractivity contribution in [1.82, 2.24) is 14.7 Å². The largest absolute Gasteiger partial charge is 0.490 e. The van der Waals surface area contributed by atoms with Gasteiger partial charge in [-0.1, -0.05) is 5.16 Å². The Morgan fingerprint density at radius 1 is 0.857 bits per heavy atom. The van der Waals surface area contributed by atoms with Crippen LogP contribution in [0.2, 0.25) is 0 Å². The molecule has 6 nitrogen and oxygen atoms in total. The van der Waals surface area contributed by atoms with E-state index in [-0.39, 0.29) is 0 Å². The molecule has 0 aliphatic heterocycles. The number of hydrogen-bond donors (Lipinski definition) is 0. The van der Waals surface area contributed by atoms with E-state index in [2.05, 4.69) is 10.1 Å². The fraction of sp³-hybridized carbons (Fsp3) is 0.182. The van der Waals surface area contributed by atoms with E-state index in [1.54, 1.807) is 0 Å². The Balaban J connectivity index is 1.60. The molecule has 4 aromatic rings. The molecule has 2 aromatic heterocycles. The Bertz CT molecular complexity index is 1040. The summed E-state index contributed by atoms with van der Waals surface area (Å²) in [5.41, 5.74) is 2.75. The lowest BCUT2D eigenvalue weighted by Gasteiger charge is -2.11. The van der Waals surface area contributed by atoms with Gasteiger partial charge >= 0.3 is 0 Å². The normalized spacial score (nSPS) is 10.8. The Morgan fingerprint density at radius 3 is 2.25 bits per heavy atom. The summed E-state index contributed by atoms with van der Waals surface area (Å²) in [7, 11) is 0. The molecule has 2 heterocycles. The minimum Gasteiger partial charge on any atom is -0.490 e. The number of hydrogen-bond acceptors (Lipinski definition) is 5. The second kappa shape index (κ2) is 8.00. The van der Waals surface area contributed by atoms with Gasteiger partial charge in [-0.3, -0.25) is 0 Å². The van der Waals surface area contributed by atoms with Gasteiger partial charge in [0.1, 0.15) is 0 Å². The van der Waals surface area contributed by atoms with Gasteiger partial charge in [0.15, 0.2) is 11.5 Å². The SMILES string of the molecule is CCOc1ccc(-c2nc(-c3ccc(-n4cccc4)cc3)no2)cc1OCC. The summed E-state index contributed by atoms with van der Waals surface area (Å²) < 4.78 is 18.8. The summed E-state index contributed by atoms with van der Waals surface area (Å²) in [6, 6.07) is 17.6. The van der Waals surface area contributed by atoms with Crippen molar-refractivity contribution in [3.63, 3.8) is 0 Å². The average Bonchev–Trinajstić information content (AvgIpc) is 3.42. The fourth-order valence-corrected chi connectivity index (χ4v) is 2.93. The minimum absolute atomic E-state index is 0.438. The Labute approximate surface area is 163 Å². The van der Waals surface area contributed by atoms with Crippen molar-refractivity contribution >= 4 is 0 Å². The highest BCUT2D eigenvalue weighted by molar-refractivity contribution is 5.63. The predicted molar refractivity (Wildman–Crippen MR) is 107 cm³/mol. The van der Waals surface area contributed by atoms with E-state index in [9.17, 15) is 0 Å². The monoisotopic (exact) mass is 375 g/mol. The molecule has 142 valence electrons. The molecule has 0 fully saturated rings. The van der Waals surface area contributed by atoms with Crippen molar-refractivity contribution in [2.45, 2.75) is 13.8 Å². The van der Waals surface area contributed by atoms with Crippen molar-refractivity contribution in [3.05, 3.63) is 67.0 Å². The zero-order chi connectivity index (χ0) is 19.3. The van der Waals surface area contributed by atoms with Gasteiger partial charge in [-0.25, -0.2) is 0 Å². The first-order chi connectivity index (χ1) is 13.8. The van der Waals surface area contributed by atoms with E-state index in [1.807, 2.05) is 85.4 Å². The van der Waals surface area contributed by atoms with E-state index < -0.39 is 0 Å². The van der Waals surface area contributed by atoms with Crippen molar-refractivity contribution in [1.29, 1.82) is 0 Å². The first kappa shape index (κ1) is 17.9. The molecule has 2 aromatic carbocycles. The van der Waals surface area contributed by atoms with Crippen LogP contribution in [0.5, 0.6) is 11.5 Å². The molecule has 0 saturated carbocycles.